The number of carbonyl (C=O) groups excluding carboxylic acids is 1. The summed E-state index contributed by atoms with van der Waals surface area (Å²) in [6.07, 6.45) is 6.10. The van der Waals surface area contributed by atoms with E-state index in [0.717, 1.165) is 25.7 Å². The molecule has 0 aliphatic heterocycles. The molecule has 0 aromatic carbocycles. The number of hydrogen-bond acceptors (Lipinski definition) is 2. The molecule has 88 valence electrons. The topological polar surface area (TPSA) is 49.3 Å². The number of rotatable bonds is 5. The molecule has 1 aliphatic carbocycles. The van der Waals surface area contributed by atoms with E-state index in [1.54, 1.807) is 0 Å². The first kappa shape index (κ1) is 12.8. The second-order valence-corrected chi connectivity index (χ2v) is 4.73. The van der Waals surface area contributed by atoms with Crippen LogP contribution in [0.5, 0.6) is 0 Å². The molecule has 2 N–H and O–H groups in total. The zero-order valence-electron chi connectivity index (χ0n) is 9.10. The molecule has 1 rings (SSSR count). The highest BCUT2D eigenvalue weighted by Gasteiger charge is 2.29. The van der Waals surface area contributed by atoms with Crippen molar-refractivity contribution in [3.63, 3.8) is 0 Å². The molecule has 0 unspecified atom stereocenters. The van der Waals surface area contributed by atoms with Gasteiger partial charge in [0.25, 0.3) is 0 Å². The molecule has 0 aromatic heterocycles. The van der Waals surface area contributed by atoms with E-state index >= 15 is 0 Å². The number of alkyl halides is 1. The summed E-state index contributed by atoms with van der Waals surface area (Å²) in [6.45, 7) is 0.397. The van der Waals surface area contributed by atoms with Crippen LogP contribution in [-0.2, 0) is 4.79 Å². The Morgan fingerprint density at radius 2 is 2.00 bits per heavy atom. The summed E-state index contributed by atoms with van der Waals surface area (Å²) in [4.78, 5) is 11.3. The van der Waals surface area contributed by atoms with Crippen LogP contribution in [0, 0.1) is 0 Å². The zero-order chi connectivity index (χ0) is 11.1. The Kier molecular flexibility index (Phi) is 5.40. The highest BCUT2D eigenvalue weighted by atomic mass is 35.5. The number of amides is 1. The molecule has 0 atom stereocenters. The molecule has 0 saturated heterocycles. The zero-order valence-corrected chi connectivity index (χ0v) is 9.85. The second-order valence-electron chi connectivity index (χ2n) is 4.35. The van der Waals surface area contributed by atoms with Gasteiger partial charge in [-0.05, 0) is 19.3 Å². The monoisotopic (exact) mass is 233 g/mol. The second kappa shape index (κ2) is 6.33. The number of nitrogens with one attached hydrogen (secondary N) is 1. The van der Waals surface area contributed by atoms with Gasteiger partial charge in [0.15, 0.2) is 0 Å². The molecule has 1 saturated carbocycles. The van der Waals surface area contributed by atoms with Gasteiger partial charge in [-0.25, -0.2) is 0 Å². The van der Waals surface area contributed by atoms with Gasteiger partial charge in [0.1, 0.15) is 0 Å². The van der Waals surface area contributed by atoms with Gasteiger partial charge in [-0.1, -0.05) is 19.3 Å². The lowest BCUT2D eigenvalue weighted by atomic mass is 9.85. The molecule has 3 nitrogen and oxygen atoms in total. The molecule has 0 aromatic rings. The van der Waals surface area contributed by atoms with Gasteiger partial charge in [0.2, 0.25) is 5.91 Å². The lowest BCUT2D eigenvalue weighted by Gasteiger charge is -2.32. The average Bonchev–Trinajstić information content (AvgIpc) is 2.25. The quantitative estimate of drug-likeness (QED) is 0.712. The van der Waals surface area contributed by atoms with Crippen LogP contribution in [0.3, 0.4) is 0 Å². The molecule has 0 heterocycles. The van der Waals surface area contributed by atoms with E-state index in [-0.39, 0.29) is 5.91 Å². The van der Waals surface area contributed by atoms with Crippen LogP contribution in [0.15, 0.2) is 0 Å². The van der Waals surface area contributed by atoms with Gasteiger partial charge in [-0.2, -0.15) is 0 Å². The minimum Gasteiger partial charge on any atom is -0.388 e. The SMILES string of the molecule is O=C(CCCCl)NCC1(O)CCCCC1. The van der Waals surface area contributed by atoms with E-state index in [1.165, 1.54) is 6.42 Å². The number of aliphatic hydroxyl groups is 1. The van der Waals surface area contributed by atoms with Crippen LogP contribution in [0.25, 0.3) is 0 Å². The molecule has 0 bridgehead atoms. The van der Waals surface area contributed by atoms with Gasteiger partial charge < -0.3 is 10.4 Å². The number of hydrogen-bond donors (Lipinski definition) is 2. The van der Waals surface area contributed by atoms with Crippen LogP contribution in [-0.4, -0.2) is 29.0 Å². The van der Waals surface area contributed by atoms with E-state index in [4.69, 9.17) is 11.6 Å². The predicted molar refractivity (Wildman–Crippen MR) is 61.0 cm³/mol. The van der Waals surface area contributed by atoms with Crippen molar-refractivity contribution in [2.45, 2.75) is 50.5 Å². The van der Waals surface area contributed by atoms with Crippen LogP contribution in [0.4, 0.5) is 0 Å². The first-order valence-corrected chi connectivity index (χ1v) is 6.25. The summed E-state index contributed by atoms with van der Waals surface area (Å²) >= 11 is 5.49. The Morgan fingerprint density at radius 1 is 1.33 bits per heavy atom. The molecule has 1 aliphatic rings. The van der Waals surface area contributed by atoms with Crippen molar-refractivity contribution in [1.82, 2.24) is 5.32 Å². The maximum atomic E-state index is 11.3. The Morgan fingerprint density at radius 3 is 2.60 bits per heavy atom. The summed E-state index contributed by atoms with van der Waals surface area (Å²) in [7, 11) is 0. The molecule has 15 heavy (non-hydrogen) atoms. The van der Waals surface area contributed by atoms with Crippen LogP contribution < -0.4 is 5.32 Å². The van der Waals surface area contributed by atoms with Crippen molar-refractivity contribution in [1.29, 1.82) is 0 Å². The summed E-state index contributed by atoms with van der Waals surface area (Å²) < 4.78 is 0. The van der Waals surface area contributed by atoms with Gasteiger partial charge in [0.05, 0.1) is 5.60 Å². The summed E-state index contributed by atoms with van der Waals surface area (Å²) in [5, 5.41) is 12.9. The third-order valence-electron chi connectivity index (χ3n) is 2.94. The van der Waals surface area contributed by atoms with Gasteiger partial charge in [-0.3, -0.25) is 4.79 Å². The highest BCUT2D eigenvalue weighted by molar-refractivity contribution is 6.17. The minimum atomic E-state index is -0.658. The predicted octanol–water partition coefficient (Wildman–Crippen LogP) is 1.82. The van der Waals surface area contributed by atoms with Crippen LogP contribution >= 0.6 is 11.6 Å². The fourth-order valence-electron chi connectivity index (χ4n) is 1.97. The lowest BCUT2D eigenvalue weighted by Crippen LogP contribution is -2.44. The highest BCUT2D eigenvalue weighted by Crippen LogP contribution is 2.27. The Labute approximate surface area is 96.2 Å². The van der Waals surface area contributed by atoms with Crippen LogP contribution in [0.1, 0.15) is 44.9 Å². The van der Waals surface area contributed by atoms with Crippen molar-refractivity contribution in [2.75, 3.05) is 12.4 Å². The van der Waals surface area contributed by atoms with E-state index in [2.05, 4.69) is 5.32 Å². The van der Waals surface area contributed by atoms with Crippen molar-refractivity contribution < 1.29 is 9.90 Å². The van der Waals surface area contributed by atoms with E-state index < -0.39 is 5.60 Å². The normalized spacial score (nSPS) is 19.9. The van der Waals surface area contributed by atoms with Gasteiger partial charge >= 0.3 is 0 Å². The van der Waals surface area contributed by atoms with Crippen LogP contribution in [0.2, 0.25) is 0 Å². The molecular weight excluding hydrogens is 214 g/mol. The average molecular weight is 234 g/mol. The summed E-state index contributed by atoms with van der Waals surface area (Å²) in [6, 6.07) is 0. The minimum absolute atomic E-state index is 0.00496. The number of carbonyl (C=O) groups is 1. The van der Waals surface area contributed by atoms with Crippen molar-refractivity contribution in [3.05, 3.63) is 0 Å². The number of halogens is 1. The lowest BCUT2D eigenvalue weighted by molar-refractivity contribution is -0.122. The molecule has 0 radical (unpaired) electrons. The maximum Gasteiger partial charge on any atom is 0.220 e. The van der Waals surface area contributed by atoms with Gasteiger partial charge in [-0.15, -0.1) is 11.6 Å². The van der Waals surface area contributed by atoms with E-state index in [1.807, 2.05) is 0 Å². The first-order valence-electron chi connectivity index (χ1n) is 5.71. The Hall–Kier alpha value is -0.280. The fraction of sp³-hybridized carbons (Fsp3) is 0.909. The molecule has 4 heteroatoms. The third-order valence-corrected chi connectivity index (χ3v) is 3.20. The largest absolute Gasteiger partial charge is 0.388 e. The maximum absolute atomic E-state index is 11.3. The Bertz CT molecular complexity index is 203. The van der Waals surface area contributed by atoms with E-state index in [0.29, 0.717) is 25.3 Å². The summed E-state index contributed by atoms with van der Waals surface area (Å²) in [5.41, 5.74) is -0.658. The third kappa shape index (κ3) is 4.85. The summed E-state index contributed by atoms with van der Waals surface area (Å²) in [5.74, 6) is 0.507. The smallest absolute Gasteiger partial charge is 0.220 e. The molecule has 1 fully saturated rings. The van der Waals surface area contributed by atoms with Crippen molar-refractivity contribution in [2.24, 2.45) is 0 Å². The Balaban J connectivity index is 2.19. The molecule has 1 amide bonds. The first-order chi connectivity index (χ1) is 7.16. The van der Waals surface area contributed by atoms with Crippen molar-refractivity contribution in [3.8, 4) is 0 Å². The fourth-order valence-corrected chi connectivity index (χ4v) is 2.10. The molecule has 0 spiro atoms. The molecular formula is C11H20ClNO2. The van der Waals surface area contributed by atoms with Gasteiger partial charge in [0, 0.05) is 18.8 Å². The van der Waals surface area contributed by atoms with Crippen molar-refractivity contribution >= 4 is 17.5 Å². The standard InChI is InChI=1S/C11H20ClNO2/c12-8-4-5-10(14)13-9-11(15)6-2-1-3-7-11/h15H,1-9H2,(H,13,14). The van der Waals surface area contributed by atoms with E-state index in [9.17, 15) is 9.90 Å².